The molecule has 1 aromatic carbocycles. The molecule has 0 aliphatic carbocycles. The van der Waals surface area contributed by atoms with Crippen LogP contribution in [0.2, 0.25) is 0 Å². The Morgan fingerprint density at radius 2 is 2.27 bits per heavy atom. The normalized spacial score (nSPS) is 27.1. The average molecular weight is 269 g/mol. The molecule has 2 rings (SSSR count). The Balaban J connectivity index is 2.18. The summed E-state index contributed by atoms with van der Waals surface area (Å²) in [6.07, 6.45) is 2.43. The lowest BCUT2D eigenvalue weighted by Crippen LogP contribution is -2.33. The van der Waals surface area contributed by atoms with Crippen molar-refractivity contribution in [3.8, 4) is 0 Å². The molecule has 0 aromatic heterocycles. The maximum atomic E-state index is 5.74. The molecule has 82 valence electrons. The molecule has 0 amide bonds. The summed E-state index contributed by atoms with van der Waals surface area (Å²) in [5.74, 6) is 0. The van der Waals surface area contributed by atoms with Crippen LogP contribution in [0, 0.1) is 0 Å². The molecule has 0 spiro atoms. The van der Waals surface area contributed by atoms with Crippen molar-refractivity contribution in [1.82, 2.24) is 4.90 Å². The molecular formula is C12H17BrN2. The molecule has 2 N–H and O–H groups in total. The Hall–Kier alpha value is -0.380. The largest absolute Gasteiger partial charge is 0.329 e. The van der Waals surface area contributed by atoms with Gasteiger partial charge in [0, 0.05) is 23.1 Å². The molecule has 1 aliphatic heterocycles. The molecule has 1 aromatic rings. The van der Waals surface area contributed by atoms with E-state index >= 15 is 0 Å². The van der Waals surface area contributed by atoms with Crippen LogP contribution in [0.4, 0.5) is 0 Å². The summed E-state index contributed by atoms with van der Waals surface area (Å²) < 4.78 is 1.16. The summed E-state index contributed by atoms with van der Waals surface area (Å²) >= 11 is 3.52. The predicted octanol–water partition coefficient (Wildman–Crippen LogP) is 2.54. The molecule has 1 saturated heterocycles. The second kappa shape index (κ2) is 4.64. The highest BCUT2D eigenvalue weighted by Gasteiger charge is 2.30. The first kappa shape index (κ1) is 11.1. The van der Waals surface area contributed by atoms with Gasteiger partial charge >= 0.3 is 0 Å². The fourth-order valence-electron chi connectivity index (χ4n) is 2.41. The summed E-state index contributed by atoms with van der Waals surface area (Å²) in [7, 11) is 2.18. The summed E-state index contributed by atoms with van der Waals surface area (Å²) in [6.45, 7) is 0.765. The van der Waals surface area contributed by atoms with Gasteiger partial charge in [0.15, 0.2) is 0 Å². The first-order valence-electron chi connectivity index (χ1n) is 5.40. The van der Waals surface area contributed by atoms with Crippen molar-refractivity contribution in [2.24, 2.45) is 5.73 Å². The zero-order valence-corrected chi connectivity index (χ0v) is 10.6. The van der Waals surface area contributed by atoms with Crippen molar-refractivity contribution >= 4 is 15.9 Å². The molecule has 0 saturated carbocycles. The molecule has 2 unspecified atom stereocenters. The van der Waals surface area contributed by atoms with E-state index in [1.54, 1.807) is 0 Å². The van der Waals surface area contributed by atoms with Gasteiger partial charge in [-0.15, -0.1) is 0 Å². The van der Waals surface area contributed by atoms with Crippen molar-refractivity contribution < 1.29 is 0 Å². The van der Waals surface area contributed by atoms with Crippen LogP contribution in [0.25, 0.3) is 0 Å². The Bertz CT molecular complexity index is 340. The van der Waals surface area contributed by atoms with Crippen LogP contribution in [0.1, 0.15) is 24.4 Å². The molecule has 3 heteroatoms. The number of nitrogens with two attached hydrogens (primary N) is 1. The van der Waals surface area contributed by atoms with Gasteiger partial charge in [-0.3, -0.25) is 4.90 Å². The van der Waals surface area contributed by atoms with Crippen molar-refractivity contribution in [3.63, 3.8) is 0 Å². The number of hydrogen-bond acceptors (Lipinski definition) is 2. The highest BCUT2D eigenvalue weighted by molar-refractivity contribution is 9.10. The molecule has 0 bridgehead atoms. The van der Waals surface area contributed by atoms with Gasteiger partial charge in [0.2, 0.25) is 0 Å². The number of rotatable bonds is 2. The van der Waals surface area contributed by atoms with Crippen molar-refractivity contribution in [3.05, 3.63) is 34.3 Å². The van der Waals surface area contributed by atoms with E-state index in [0.29, 0.717) is 12.1 Å². The molecule has 15 heavy (non-hydrogen) atoms. The van der Waals surface area contributed by atoms with E-state index in [2.05, 4.69) is 52.1 Å². The minimum Gasteiger partial charge on any atom is -0.329 e. The average Bonchev–Trinajstić information content (AvgIpc) is 2.59. The van der Waals surface area contributed by atoms with E-state index in [1.807, 2.05) is 0 Å². The van der Waals surface area contributed by atoms with E-state index in [4.69, 9.17) is 5.73 Å². The third-order valence-corrected chi connectivity index (χ3v) is 3.84. The highest BCUT2D eigenvalue weighted by atomic mass is 79.9. The van der Waals surface area contributed by atoms with Crippen molar-refractivity contribution in [2.45, 2.75) is 24.9 Å². The molecule has 1 fully saturated rings. The fraction of sp³-hybridized carbons (Fsp3) is 0.500. The lowest BCUT2D eigenvalue weighted by molar-refractivity contribution is 0.247. The molecule has 2 atom stereocenters. The number of nitrogens with zero attached hydrogens (tertiary/aromatic N) is 1. The molecule has 2 nitrogen and oxygen atoms in total. The number of likely N-dealkylation sites (N-methyl/N-ethyl adjacent to an activating group) is 1. The van der Waals surface area contributed by atoms with Crippen LogP contribution in [0.3, 0.4) is 0 Å². The fourth-order valence-corrected chi connectivity index (χ4v) is 2.83. The Morgan fingerprint density at radius 1 is 1.47 bits per heavy atom. The Morgan fingerprint density at radius 3 is 2.87 bits per heavy atom. The predicted molar refractivity (Wildman–Crippen MR) is 66.7 cm³/mol. The standard InChI is InChI=1S/C12H17BrN2/c1-15-11(8-14)5-6-12(15)9-3-2-4-10(13)7-9/h2-4,7,11-12H,5-6,8,14H2,1H3. The van der Waals surface area contributed by atoms with Gasteiger partial charge in [0.1, 0.15) is 0 Å². The van der Waals surface area contributed by atoms with E-state index in [0.717, 1.165) is 11.0 Å². The number of hydrogen-bond donors (Lipinski definition) is 1. The molecule has 0 radical (unpaired) electrons. The second-order valence-electron chi connectivity index (χ2n) is 4.20. The van der Waals surface area contributed by atoms with Gasteiger partial charge in [-0.05, 0) is 37.6 Å². The quantitative estimate of drug-likeness (QED) is 0.894. The topological polar surface area (TPSA) is 29.3 Å². The number of halogens is 1. The number of likely N-dealkylation sites (tertiary alicyclic amines) is 1. The van der Waals surface area contributed by atoms with Crippen LogP contribution >= 0.6 is 15.9 Å². The van der Waals surface area contributed by atoms with E-state index < -0.39 is 0 Å². The van der Waals surface area contributed by atoms with E-state index in [1.165, 1.54) is 18.4 Å². The lowest BCUT2D eigenvalue weighted by Gasteiger charge is -2.25. The molecule has 1 aliphatic rings. The van der Waals surface area contributed by atoms with Gasteiger partial charge in [0.05, 0.1) is 0 Å². The third kappa shape index (κ3) is 2.25. The Kier molecular flexibility index (Phi) is 3.44. The van der Waals surface area contributed by atoms with Gasteiger partial charge < -0.3 is 5.73 Å². The van der Waals surface area contributed by atoms with Gasteiger partial charge in [0.25, 0.3) is 0 Å². The maximum Gasteiger partial charge on any atom is 0.0349 e. The van der Waals surface area contributed by atoms with Crippen LogP contribution < -0.4 is 5.73 Å². The first-order valence-corrected chi connectivity index (χ1v) is 6.19. The molecule has 1 heterocycles. The second-order valence-corrected chi connectivity index (χ2v) is 5.12. The summed E-state index contributed by atoms with van der Waals surface area (Å²) in [5, 5.41) is 0. The van der Waals surface area contributed by atoms with Gasteiger partial charge in [-0.2, -0.15) is 0 Å². The van der Waals surface area contributed by atoms with Crippen LogP contribution in [-0.4, -0.2) is 24.5 Å². The Labute approximate surface area is 99.6 Å². The van der Waals surface area contributed by atoms with Crippen LogP contribution in [-0.2, 0) is 0 Å². The summed E-state index contributed by atoms with van der Waals surface area (Å²) in [6, 6.07) is 9.66. The SMILES string of the molecule is CN1C(CN)CCC1c1cccc(Br)c1. The van der Waals surface area contributed by atoms with Crippen molar-refractivity contribution in [1.29, 1.82) is 0 Å². The van der Waals surface area contributed by atoms with Gasteiger partial charge in [-0.25, -0.2) is 0 Å². The minimum absolute atomic E-state index is 0.538. The van der Waals surface area contributed by atoms with Crippen LogP contribution in [0.5, 0.6) is 0 Å². The smallest absolute Gasteiger partial charge is 0.0349 e. The monoisotopic (exact) mass is 268 g/mol. The number of benzene rings is 1. The third-order valence-electron chi connectivity index (χ3n) is 3.35. The van der Waals surface area contributed by atoms with E-state index in [-0.39, 0.29) is 0 Å². The zero-order valence-electron chi connectivity index (χ0n) is 8.99. The summed E-state index contributed by atoms with van der Waals surface area (Å²) in [5.41, 5.74) is 7.13. The van der Waals surface area contributed by atoms with E-state index in [9.17, 15) is 0 Å². The first-order chi connectivity index (χ1) is 7.22. The maximum absolute atomic E-state index is 5.74. The van der Waals surface area contributed by atoms with Gasteiger partial charge in [-0.1, -0.05) is 28.1 Å². The zero-order chi connectivity index (χ0) is 10.8. The highest BCUT2D eigenvalue weighted by Crippen LogP contribution is 2.34. The minimum atomic E-state index is 0.538. The van der Waals surface area contributed by atoms with Crippen molar-refractivity contribution in [2.75, 3.05) is 13.6 Å². The lowest BCUT2D eigenvalue weighted by atomic mass is 10.1. The summed E-state index contributed by atoms with van der Waals surface area (Å²) in [4.78, 5) is 2.40. The van der Waals surface area contributed by atoms with Crippen LogP contribution in [0.15, 0.2) is 28.7 Å². The molecular weight excluding hydrogens is 252 g/mol.